The summed E-state index contributed by atoms with van der Waals surface area (Å²) in [5.41, 5.74) is 0. The van der Waals surface area contributed by atoms with Crippen molar-refractivity contribution in [1.82, 2.24) is 5.09 Å². The van der Waals surface area contributed by atoms with E-state index in [0.29, 0.717) is 0 Å². The Morgan fingerprint density at radius 1 is 2.00 bits per heavy atom. The van der Waals surface area contributed by atoms with Crippen LogP contribution < -0.4 is 5.09 Å². The first kappa shape index (κ1) is 2.82. The zero-order valence-corrected chi connectivity index (χ0v) is 4.21. The van der Waals surface area contributed by atoms with Crippen LogP contribution in [0.3, 0.4) is 0 Å². The minimum atomic E-state index is 1.10. The van der Waals surface area contributed by atoms with Gasteiger partial charge in [0.05, 0.1) is 0 Å². The Hall–Kier alpha value is 0.607. The van der Waals surface area contributed by atoms with Crippen LogP contribution >= 0.6 is 8.28 Å². The number of hydrogen-bond acceptors (Lipinski definition) is 1. The van der Waals surface area contributed by atoms with E-state index >= 15 is 0 Å². The predicted molar refractivity (Wildman–Crippen MR) is 22.1 cm³/mol. The maximum absolute atomic E-state index is 3.15. The standard InChI is InChI=1S/CH4NPSi/c1-2-3-4-1/h2-3H,1H2. The van der Waals surface area contributed by atoms with Crippen molar-refractivity contribution in [3.8, 4) is 0 Å². The summed E-state index contributed by atoms with van der Waals surface area (Å²) in [5, 5.41) is 3.15. The molecule has 3 heteroatoms. The average Bonchev–Trinajstić information content (AvgIpc) is 0.722. The van der Waals surface area contributed by atoms with Gasteiger partial charge in [-0.05, 0) is 6.17 Å². The van der Waals surface area contributed by atoms with E-state index in [1.54, 1.807) is 0 Å². The topological polar surface area (TPSA) is 12.0 Å². The average molecular weight is 89.1 g/mol. The Kier molecular flexibility index (Phi) is 0.815. The predicted octanol–water partition coefficient (Wildman–Crippen LogP) is -0.240. The molecule has 1 nitrogen and oxygen atoms in total. The highest BCUT2D eigenvalue weighted by atomic mass is 31.3. The summed E-state index contributed by atoms with van der Waals surface area (Å²) < 4.78 is 0. The molecule has 1 fully saturated rings. The SMILES string of the molecule is C1NP[Si]1. The molecule has 1 saturated heterocycles. The molecule has 0 aromatic carbocycles. The third-order valence-electron chi connectivity index (χ3n) is 0.354. The summed E-state index contributed by atoms with van der Waals surface area (Å²) in [7, 11) is 2.34. The maximum atomic E-state index is 3.15. The number of nitrogens with one attached hydrogen (secondary N) is 1. The summed E-state index contributed by atoms with van der Waals surface area (Å²) in [6, 6.07) is 0. The molecule has 1 unspecified atom stereocenters. The van der Waals surface area contributed by atoms with E-state index in [2.05, 4.69) is 5.09 Å². The van der Waals surface area contributed by atoms with Gasteiger partial charge < -0.3 is 5.09 Å². The van der Waals surface area contributed by atoms with Crippen molar-refractivity contribution in [1.29, 1.82) is 0 Å². The molecule has 1 rings (SSSR count). The van der Waals surface area contributed by atoms with E-state index in [-0.39, 0.29) is 0 Å². The molecule has 0 aliphatic carbocycles. The van der Waals surface area contributed by atoms with Crippen LogP contribution in [-0.4, -0.2) is 15.4 Å². The van der Waals surface area contributed by atoms with E-state index in [1.165, 1.54) is 15.4 Å². The van der Waals surface area contributed by atoms with Gasteiger partial charge in [-0.25, -0.2) is 0 Å². The Bertz CT molecular complexity index is 16.0. The first-order chi connectivity index (χ1) is 2.00. The van der Waals surface area contributed by atoms with Crippen molar-refractivity contribution >= 4 is 17.5 Å². The maximum Gasteiger partial charge on any atom is 0.108 e. The van der Waals surface area contributed by atoms with E-state index < -0.39 is 0 Å². The first-order valence-corrected chi connectivity index (χ1v) is 4.41. The van der Waals surface area contributed by atoms with Gasteiger partial charge in [0.2, 0.25) is 0 Å². The van der Waals surface area contributed by atoms with Gasteiger partial charge in [0, 0.05) is 0 Å². The van der Waals surface area contributed by atoms with E-state index in [9.17, 15) is 0 Å². The molecule has 1 atom stereocenters. The van der Waals surface area contributed by atoms with Crippen molar-refractivity contribution in [2.75, 3.05) is 6.17 Å². The van der Waals surface area contributed by atoms with Crippen LogP contribution in [0.5, 0.6) is 0 Å². The second-order valence-electron chi connectivity index (χ2n) is 0.655. The van der Waals surface area contributed by atoms with Gasteiger partial charge in [0.25, 0.3) is 0 Å². The lowest BCUT2D eigenvalue weighted by atomic mass is 11.5. The molecular formula is CH4NPSi. The van der Waals surface area contributed by atoms with E-state index in [0.717, 1.165) is 8.28 Å². The molecule has 0 aromatic heterocycles. The molecule has 1 N–H and O–H groups in total. The molecular weight excluding hydrogens is 85.1 g/mol. The van der Waals surface area contributed by atoms with Crippen LogP contribution in [-0.2, 0) is 0 Å². The van der Waals surface area contributed by atoms with Crippen LogP contribution in [0.2, 0.25) is 0 Å². The summed E-state index contributed by atoms with van der Waals surface area (Å²) in [4.78, 5) is 0. The first-order valence-electron chi connectivity index (χ1n) is 1.21. The molecule has 2 radical (unpaired) electrons. The van der Waals surface area contributed by atoms with Gasteiger partial charge in [-0.3, -0.25) is 0 Å². The molecule has 22 valence electrons. The highest BCUT2D eigenvalue weighted by Crippen LogP contribution is 2.05. The Morgan fingerprint density at radius 3 is 2.25 bits per heavy atom. The van der Waals surface area contributed by atoms with Crippen molar-refractivity contribution in [3.63, 3.8) is 0 Å². The van der Waals surface area contributed by atoms with Crippen molar-refractivity contribution < 1.29 is 0 Å². The van der Waals surface area contributed by atoms with Crippen molar-refractivity contribution in [3.05, 3.63) is 0 Å². The second-order valence-corrected chi connectivity index (χ2v) is 3.78. The van der Waals surface area contributed by atoms with Gasteiger partial charge in [0.1, 0.15) is 9.19 Å². The fourth-order valence-electron chi connectivity index (χ4n) is 0.0884. The smallest absolute Gasteiger partial charge is 0.108 e. The van der Waals surface area contributed by atoms with Crippen LogP contribution in [0, 0.1) is 0 Å². The fourth-order valence-corrected chi connectivity index (χ4v) is 0.795. The van der Waals surface area contributed by atoms with Gasteiger partial charge in [-0.1, -0.05) is 8.28 Å². The summed E-state index contributed by atoms with van der Waals surface area (Å²) in [6.07, 6.45) is 1.29. The van der Waals surface area contributed by atoms with Gasteiger partial charge in [-0.2, -0.15) is 0 Å². The largest absolute Gasteiger partial charge is 0.305 e. The minimum absolute atomic E-state index is 1.10. The molecule has 0 spiro atoms. The molecule has 0 aromatic rings. The van der Waals surface area contributed by atoms with Crippen LogP contribution in [0.25, 0.3) is 0 Å². The van der Waals surface area contributed by atoms with Gasteiger partial charge >= 0.3 is 0 Å². The molecule has 1 aliphatic heterocycles. The lowest BCUT2D eigenvalue weighted by Gasteiger charge is -2.08. The van der Waals surface area contributed by atoms with Crippen LogP contribution in [0.4, 0.5) is 0 Å². The molecule has 0 bridgehead atoms. The minimum Gasteiger partial charge on any atom is -0.305 e. The van der Waals surface area contributed by atoms with E-state index in [4.69, 9.17) is 0 Å². The fraction of sp³-hybridized carbons (Fsp3) is 1.00. The Balaban J connectivity index is 2.00. The molecule has 4 heavy (non-hydrogen) atoms. The molecule has 0 amide bonds. The highest BCUT2D eigenvalue weighted by molar-refractivity contribution is 7.72. The molecule has 0 saturated carbocycles. The third-order valence-corrected chi connectivity index (χ3v) is 3.18. The summed E-state index contributed by atoms with van der Waals surface area (Å²) in [5.74, 6) is 0. The summed E-state index contributed by atoms with van der Waals surface area (Å²) in [6.45, 7) is 0. The zero-order valence-electron chi connectivity index (χ0n) is 2.21. The number of hydrogen-bond donors (Lipinski definition) is 1. The quantitative estimate of drug-likeness (QED) is 0.319. The number of rotatable bonds is 0. The molecule has 1 heterocycles. The highest BCUT2D eigenvalue weighted by Gasteiger charge is 1.94. The van der Waals surface area contributed by atoms with Crippen molar-refractivity contribution in [2.24, 2.45) is 0 Å². The lowest BCUT2D eigenvalue weighted by Crippen LogP contribution is -2.21. The summed E-state index contributed by atoms with van der Waals surface area (Å²) >= 11 is 0. The Labute approximate surface area is 29.7 Å². The Morgan fingerprint density at radius 2 is 2.25 bits per heavy atom. The van der Waals surface area contributed by atoms with Gasteiger partial charge in [0.15, 0.2) is 0 Å². The van der Waals surface area contributed by atoms with Crippen LogP contribution in [0.15, 0.2) is 0 Å². The van der Waals surface area contributed by atoms with Gasteiger partial charge in [-0.15, -0.1) is 0 Å². The zero-order chi connectivity index (χ0) is 2.83. The van der Waals surface area contributed by atoms with Crippen molar-refractivity contribution in [2.45, 2.75) is 0 Å². The second kappa shape index (κ2) is 1.15. The monoisotopic (exact) mass is 89.0 g/mol. The third kappa shape index (κ3) is 0.317. The normalized spacial score (nSPS) is 30.0. The van der Waals surface area contributed by atoms with Crippen LogP contribution in [0.1, 0.15) is 0 Å². The van der Waals surface area contributed by atoms with E-state index in [1.807, 2.05) is 0 Å². The molecule has 1 aliphatic rings. The lowest BCUT2D eigenvalue weighted by molar-refractivity contribution is 1.19.